The van der Waals surface area contributed by atoms with Gasteiger partial charge in [0.2, 0.25) is 0 Å². The third-order valence-electron chi connectivity index (χ3n) is 6.72. The van der Waals surface area contributed by atoms with Crippen LogP contribution in [-0.2, 0) is 22.3 Å². The molecule has 1 aliphatic carbocycles. The summed E-state index contributed by atoms with van der Waals surface area (Å²) >= 11 is 0. The maximum absolute atomic E-state index is 13.4. The minimum absolute atomic E-state index is 0.206. The van der Waals surface area contributed by atoms with Gasteiger partial charge in [-0.05, 0) is 62.6 Å². The van der Waals surface area contributed by atoms with Crippen molar-refractivity contribution in [3.63, 3.8) is 0 Å². The molecule has 0 radical (unpaired) electrons. The Morgan fingerprint density at radius 1 is 1.17 bits per heavy atom. The number of halogens is 3. The van der Waals surface area contributed by atoms with Crippen LogP contribution in [-0.4, -0.2) is 36.2 Å². The van der Waals surface area contributed by atoms with Crippen LogP contribution in [0.3, 0.4) is 0 Å². The quantitative estimate of drug-likeness (QED) is 0.516. The Kier molecular flexibility index (Phi) is 8.76. The van der Waals surface area contributed by atoms with E-state index in [2.05, 4.69) is 22.5 Å². The van der Waals surface area contributed by atoms with Gasteiger partial charge in [-0.1, -0.05) is 44.2 Å². The molecule has 1 unspecified atom stereocenters. The lowest BCUT2D eigenvalue weighted by molar-refractivity contribution is -0.137. The second kappa shape index (κ2) is 11.4. The fraction of sp³-hybridized carbons (Fsp3) is 0.593. The summed E-state index contributed by atoms with van der Waals surface area (Å²) in [5.74, 6) is 6.41. The van der Waals surface area contributed by atoms with E-state index in [1.54, 1.807) is 7.11 Å². The molecule has 1 atom stereocenters. The average molecular weight is 492 g/mol. The topological polar surface area (TPSA) is 53.6 Å². The van der Waals surface area contributed by atoms with Crippen LogP contribution in [0.5, 0.6) is 0 Å². The van der Waals surface area contributed by atoms with Gasteiger partial charge in [-0.15, -0.1) is 0 Å². The molecule has 0 aromatic heterocycles. The van der Waals surface area contributed by atoms with E-state index in [1.165, 1.54) is 31.4 Å². The number of ether oxygens (including phenoxy) is 1. The zero-order valence-electron chi connectivity index (χ0n) is 21.0. The molecule has 1 aromatic rings. The fourth-order valence-electron chi connectivity index (χ4n) is 4.44. The summed E-state index contributed by atoms with van der Waals surface area (Å²) in [6, 6.07) is 5.08. The molecule has 0 spiro atoms. The third-order valence-corrected chi connectivity index (χ3v) is 6.72. The highest BCUT2D eigenvalue weighted by molar-refractivity contribution is 5.95. The first-order valence-corrected chi connectivity index (χ1v) is 12.3. The van der Waals surface area contributed by atoms with Crippen molar-refractivity contribution in [2.45, 2.75) is 83.8 Å². The number of hydrogen-bond donors (Lipinski definition) is 2. The molecular weight excluding hydrogens is 455 g/mol. The predicted octanol–water partition coefficient (Wildman–Crippen LogP) is 5.18. The minimum Gasteiger partial charge on any atom is -0.366 e. The van der Waals surface area contributed by atoms with Gasteiger partial charge in [0.1, 0.15) is 17.0 Å². The van der Waals surface area contributed by atoms with Gasteiger partial charge in [0, 0.05) is 20.2 Å². The molecule has 0 bridgehead atoms. The number of methoxy groups -OCH3 is 1. The minimum atomic E-state index is -4.39. The van der Waals surface area contributed by atoms with Crippen LogP contribution in [0, 0.1) is 17.8 Å². The van der Waals surface area contributed by atoms with Gasteiger partial charge in [-0.2, -0.15) is 13.2 Å². The van der Waals surface area contributed by atoms with Crippen molar-refractivity contribution in [3.8, 4) is 11.8 Å². The van der Waals surface area contributed by atoms with Gasteiger partial charge >= 0.3 is 6.18 Å². The summed E-state index contributed by atoms with van der Waals surface area (Å²) in [6.45, 7) is 6.57. The molecule has 0 saturated heterocycles. The van der Waals surface area contributed by atoms with E-state index in [1.807, 2.05) is 25.7 Å². The standard InChI is InChI=1S/C27H36F3N3O2/c1-5-23-32-22(15-16-26(2,3)35-4)24(25(34)31-17-19-9-7-6-8-10-19)33(23)18-20-11-13-21(14-12-20)27(28,29)30/h11-14,19,23,32H,5-10,17-18H2,1-4H3,(H,31,34). The third kappa shape index (κ3) is 7.17. The molecule has 1 aromatic carbocycles. The monoisotopic (exact) mass is 491 g/mol. The summed E-state index contributed by atoms with van der Waals surface area (Å²) in [6.07, 6.45) is 1.92. The Bertz CT molecular complexity index is 968. The SMILES string of the molecule is CCC1NC(C#CC(C)(C)OC)=C(C(=O)NCC2CCCCC2)N1Cc1ccc(C(F)(F)F)cc1. The van der Waals surface area contributed by atoms with Gasteiger partial charge < -0.3 is 20.3 Å². The largest absolute Gasteiger partial charge is 0.416 e. The van der Waals surface area contributed by atoms with Crippen molar-refractivity contribution in [1.82, 2.24) is 15.5 Å². The molecule has 192 valence electrons. The van der Waals surface area contributed by atoms with Crippen LogP contribution in [0.25, 0.3) is 0 Å². The number of nitrogens with one attached hydrogen (secondary N) is 2. The molecule has 2 N–H and O–H groups in total. The number of rotatable bonds is 7. The highest BCUT2D eigenvalue weighted by atomic mass is 19.4. The maximum Gasteiger partial charge on any atom is 0.416 e. The second-order valence-electron chi connectivity index (χ2n) is 9.79. The van der Waals surface area contributed by atoms with Crippen molar-refractivity contribution in [1.29, 1.82) is 0 Å². The molecule has 2 aliphatic rings. The summed E-state index contributed by atoms with van der Waals surface area (Å²) < 4.78 is 44.4. The number of hydrogen-bond acceptors (Lipinski definition) is 4. The van der Waals surface area contributed by atoms with E-state index in [4.69, 9.17) is 4.74 Å². The Labute approximate surface area is 206 Å². The number of nitrogens with zero attached hydrogens (tertiary/aromatic N) is 1. The van der Waals surface area contributed by atoms with Crippen LogP contribution >= 0.6 is 0 Å². The Hall–Kier alpha value is -2.66. The van der Waals surface area contributed by atoms with Crippen LogP contribution in [0.4, 0.5) is 13.2 Å². The van der Waals surface area contributed by atoms with E-state index in [9.17, 15) is 18.0 Å². The zero-order valence-corrected chi connectivity index (χ0v) is 21.0. The van der Waals surface area contributed by atoms with E-state index < -0.39 is 17.3 Å². The molecule has 1 heterocycles. The summed E-state index contributed by atoms with van der Waals surface area (Å²) in [4.78, 5) is 15.3. The number of carbonyl (C=O) groups is 1. The lowest BCUT2D eigenvalue weighted by atomic mass is 9.89. The normalized spacial score (nSPS) is 19.3. The van der Waals surface area contributed by atoms with Crippen molar-refractivity contribution >= 4 is 5.91 Å². The first kappa shape index (κ1) is 26.9. The van der Waals surface area contributed by atoms with Crippen LogP contribution in [0.2, 0.25) is 0 Å². The molecule has 1 saturated carbocycles. The lowest BCUT2D eigenvalue weighted by Crippen LogP contribution is -2.41. The van der Waals surface area contributed by atoms with Gasteiger partial charge in [0.05, 0.1) is 11.7 Å². The van der Waals surface area contributed by atoms with Crippen molar-refractivity contribution < 1.29 is 22.7 Å². The number of alkyl halides is 3. The summed E-state index contributed by atoms with van der Waals surface area (Å²) in [7, 11) is 1.58. The molecule has 5 nitrogen and oxygen atoms in total. The second-order valence-corrected chi connectivity index (χ2v) is 9.79. The van der Waals surface area contributed by atoms with E-state index >= 15 is 0 Å². The first-order valence-electron chi connectivity index (χ1n) is 12.3. The van der Waals surface area contributed by atoms with E-state index in [-0.39, 0.29) is 18.6 Å². The summed E-state index contributed by atoms with van der Waals surface area (Å²) in [5.41, 5.74) is 0.229. The smallest absolute Gasteiger partial charge is 0.366 e. The van der Waals surface area contributed by atoms with Gasteiger partial charge in [-0.3, -0.25) is 4.79 Å². The highest BCUT2D eigenvalue weighted by Crippen LogP contribution is 2.31. The van der Waals surface area contributed by atoms with Crippen LogP contribution < -0.4 is 10.6 Å². The number of allylic oxidation sites excluding steroid dienone is 1. The molecule has 1 amide bonds. The number of benzene rings is 1. The van der Waals surface area contributed by atoms with Gasteiger partial charge in [-0.25, -0.2) is 0 Å². The Morgan fingerprint density at radius 2 is 1.83 bits per heavy atom. The molecular formula is C27H36F3N3O2. The Morgan fingerprint density at radius 3 is 2.40 bits per heavy atom. The molecule has 1 fully saturated rings. The molecule has 1 aliphatic heterocycles. The van der Waals surface area contributed by atoms with E-state index in [0.29, 0.717) is 35.8 Å². The van der Waals surface area contributed by atoms with Crippen molar-refractivity contribution in [2.24, 2.45) is 5.92 Å². The molecule has 8 heteroatoms. The number of carbonyl (C=O) groups excluding carboxylic acids is 1. The van der Waals surface area contributed by atoms with Crippen molar-refractivity contribution in [2.75, 3.05) is 13.7 Å². The van der Waals surface area contributed by atoms with Gasteiger partial charge in [0.15, 0.2) is 0 Å². The number of amides is 1. The van der Waals surface area contributed by atoms with Crippen LogP contribution in [0.15, 0.2) is 35.7 Å². The fourth-order valence-corrected chi connectivity index (χ4v) is 4.44. The average Bonchev–Trinajstić information content (AvgIpc) is 3.19. The van der Waals surface area contributed by atoms with Crippen LogP contribution in [0.1, 0.15) is 70.4 Å². The molecule has 3 rings (SSSR count). The van der Waals surface area contributed by atoms with Crippen molar-refractivity contribution in [3.05, 3.63) is 46.8 Å². The predicted molar refractivity (Wildman–Crippen MR) is 130 cm³/mol. The summed E-state index contributed by atoms with van der Waals surface area (Å²) in [5, 5.41) is 6.45. The zero-order chi connectivity index (χ0) is 25.6. The highest BCUT2D eigenvalue weighted by Gasteiger charge is 2.35. The maximum atomic E-state index is 13.4. The lowest BCUT2D eigenvalue weighted by Gasteiger charge is -2.28. The van der Waals surface area contributed by atoms with Gasteiger partial charge in [0.25, 0.3) is 5.91 Å². The first-order chi connectivity index (χ1) is 16.5. The molecule has 35 heavy (non-hydrogen) atoms. The van der Waals surface area contributed by atoms with E-state index in [0.717, 1.165) is 25.0 Å². The Balaban J connectivity index is 1.89.